The van der Waals surface area contributed by atoms with Crippen molar-refractivity contribution in [2.75, 3.05) is 48.3 Å². The first kappa shape index (κ1) is 37.0. The molecule has 6 amide bonds. The summed E-state index contributed by atoms with van der Waals surface area (Å²) in [6.07, 6.45) is -3.52. The van der Waals surface area contributed by atoms with Gasteiger partial charge in [-0.2, -0.15) is 18.3 Å². The average molecular weight is 756 g/mol. The maximum absolute atomic E-state index is 13.4. The Bertz CT molecular complexity index is 2020. The molecular weight excluding hydrogens is 725 g/mol. The number of hydrogen-bond acceptors (Lipinski definition) is 9. The van der Waals surface area contributed by atoms with Crippen molar-refractivity contribution in [3.8, 4) is 10.6 Å². The van der Waals surface area contributed by atoms with Crippen LogP contribution in [-0.2, 0) is 22.3 Å². The summed E-state index contributed by atoms with van der Waals surface area (Å²) in [6.45, 7) is 3.15. The summed E-state index contributed by atoms with van der Waals surface area (Å²) < 4.78 is 65.3. The van der Waals surface area contributed by atoms with Crippen molar-refractivity contribution < 1.29 is 41.1 Å². The van der Waals surface area contributed by atoms with Crippen LogP contribution in [-0.4, -0.2) is 83.6 Å². The zero-order valence-electron chi connectivity index (χ0n) is 27.5. The number of amides is 6. The Hall–Kier alpha value is -5.79. The number of halogens is 5. The lowest BCUT2D eigenvalue weighted by Gasteiger charge is -2.33. The maximum atomic E-state index is 13.4. The number of nitrogens with zero attached hydrogens (tertiary/aromatic N) is 5. The highest BCUT2D eigenvalue weighted by atomic mass is 32.1. The lowest BCUT2D eigenvalue weighted by molar-refractivity contribution is -0.137. The van der Waals surface area contributed by atoms with Crippen LogP contribution >= 0.6 is 11.3 Å². The van der Waals surface area contributed by atoms with E-state index < -0.39 is 53.3 Å². The average Bonchev–Trinajstić information content (AvgIpc) is 3.70. The Morgan fingerprint density at radius 2 is 1.57 bits per heavy atom. The van der Waals surface area contributed by atoms with E-state index in [2.05, 4.69) is 31.4 Å². The van der Waals surface area contributed by atoms with Crippen LogP contribution in [0.15, 0.2) is 77.2 Å². The van der Waals surface area contributed by atoms with E-state index in [1.165, 1.54) is 17.4 Å². The van der Waals surface area contributed by atoms with Crippen molar-refractivity contribution in [3.63, 3.8) is 0 Å². The molecular formula is C34H30F5N9O4S. The van der Waals surface area contributed by atoms with Gasteiger partial charge in [0.2, 0.25) is 0 Å². The smallest absolute Gasteiger partial charge is 0.308 e. The van der Waals surface area contributed by atoms with Crippen LogP contribution in [0.1, 0.15) is 11.3 Å². The van der Waals surface area contributed by atoms with Crippen molar-refractivity contribution in [1.29, 1.82) is 0 Å². The molecule has 1 unspecified atom stereocenters. The second-order valence-corrected chi connectivity index (χ2v) is 12.8. The summed E-state index contributed by atoms with van der Waals surface area (Å²) >= 11 is 1.47. The summed E-state index contributed by atoms with van der Waals surface area (Å²) in [6, 6.07) is 11.1. The Morgan fingerprint density at radius 3 is 2.25 bits per heavy atom. The minimum atomic E-state index is -4.56. The fourth-order valence-electron chi connectivity index (χ4n) is 5.53. The number of piperazine rings is 1. The number of urea groups is 2. The van der Waals surface area contributed by atoms with Crippen molar-refractivity contribution >= 4 is 58.5 Å². The van der Waals surface area contributed by atoms with Gasteiger partial charge in [0, 0.05) is 66.8 Å². The quantitative estimate of drug-likeness (QED) is 0.0762. The normalized spacial score (nSPS) is 16.9. The van der Waals surface area contributed by atoms with Crippen LogP contribution in [0.3, 0.4) is 0 Å². The number of anilines is 3. The molecule has 0 aliphatic carbocycles. The van der Waals surface area contributed by atoms with Gasteiger partial charge in [-0.3, -0.25) is 29.6 Å². The zero-order chi connectivity index (χ0) is 37.7. The molecule has 0 bridgehead atoms. The third-order valence-electron chi connectivity index (χ3n) is 8.21. The summed E-state index contributed by atoms with van der Waals surface area (Å²) in [7, 11) is 0. The molecule has 3 aromatic carbocycles. The first-order valence-corrected chi connectivity index (χ1v) is 16.9. The van der Waals surface area contributed by atoms with Crippen LogP contribution < -0.4 is 26.3 Å². The molecule has 2 saturated heterocycles. The molecule has 2 aliphatic heterocycles. The lowest BCUT2D eigenvalue weighted by atomic mass is 10.1. The SMILES string of the molecule is O=C(CN1CCN(Cc2csc(-c3ccc(NC(=O)Nc4ccc(F)c(F)c4)cc3)n2)CC1)N/N=C/C1C(=O)NC(=O)N1c1ccc(C(F)(F)F)cc1. The topological polar surface area (TPSA) is 151 Å². The number of imide groups is 1. The van der Waals surface area contributed by atoms with Crippen molar-refractivity contribution in [3.05, 3.63) is 95.0 Å². The van der Waals surface area contributed by atoms with Crippen LogP contribution in [0, 0.1) is 11.6 Å². The van der Waals surface area contributed by atoms with Gasteiger partial charge in [-0.05, 0) is 60.7 Å². The monoisotopic (exact) mass is 755 g/mol. The number of rotatable bonds is 10. The van der Waals surface area contributed by atoms with Gasteiger partial charge in [-0.1, -0.05) is 0 Å². The molecule has 3 heterocycles. The highest BCUT2D eigenvalue weighted by Crippen LogP contribution is 2.31. The molecule has 2 aliphatic rings. The second kappa shape index (κ2) is 15.8. The zero-order valence-corrected chi connectivity index (χ0v) is 28.3. The van der Waals surface area contributed by atoms with E-state index >= 15 is 0 Å². The third kappa shape index (κ3) is 9.36. The molecule has 2 fully saturated rings. The Labute approximate surface area is 302 Å². The van der Waals surface area contributed by atoms with Crippen LogP contribution in [0.25, 0.3) is 10.6 Å². The number of carbonyl (C=O) groups excluding carboxylic acids is 4. The summed E-state index contributed by atoms with van der Waals surface area (Å²) in [5.74, 6) is -3.27. The molecule has 19 heteroatoms. The van der Waals surface area contributed by atoms with Gasteiger partial charge in [0.25, 0.3) is 11.8 Å². The van der Waals surface area contributed by atoms with E-state index in [0.29, 0.717) is 38.4 Å². The van der Waals surface area contributed by atoms with Crippen molar-refractivity contribution in [2.24, 2.45) is 5.10 Å². The van der Waals surface area contributed by atoms with Gasteiger partial charge < -0.3 is 10.6 Å². The molecule has 1 atom stereocenters. The molecule has 53 heavy (non-hydrogen) atoms. The number of carbonyl (C=O) groups is 4. The van der Waals surface area contributed by atoms with E-state index in [9.17, 15) is 41.1 Å². The summed E-state index contributed by atoms with van der Waals surface area (Å²) in [5.41, 5.74) is 3.80. The molecule has 0 radical (unpaired) electrons. The minimum absolute atomic E-state index is 0.0295. The number of alkyl halides is 3. The molecule has 13 nitrogen and oxygen atoms in total. The largest absolute Gasteiger partial charge is 0.416 e. The molecule has 0 saturated carbocycles. The van der Waals surface area contributed by atoms with Crippen LogP contribution in [0.4, 0.5) is 48.6 Å². The van der Waals surface area contributed by atoms with E-state index in [4.69, 9.17) is 4.98 Å². The number of hydrogen-bond donors (Lipinski definition) is 4. The Kier molecular flexibility index (Phi) is 11.1. The predicted molar refractivity (Wildman–Crippen MR) is 186 cm³/mol. The predicted octanol–water partition coefficient (Wildman–Crippen LogP) is 5.10. The first-order valence-electron chi connectivity index (χ1n) is 16.0. The molecule has 4 N–H and O–H groups in total. The first-order chi connectivity index (χ1) is 25.3. The van der Waals surface area contributed by atoms with Gasteiger partial charge >= 0.3 is 18.2 Å². The van der Waals surface area contributed by atoms with Gasteiger partial charge in [0.1, 0.15) is 5.01 Å². The molecule has 4 aromatic rings. The Balaban J connectivity index is 0.929. The Morgan fingerprint density at radius 1 is 0.906 bits per heavy atom. The standard InChI is InChI=1S/C34H30F5N9O4S/c35-26-10-7-23(15-27(26)36)43-32(51)42-22-5-1-20(2-6-22)31-41-24(19-53-31)17-46-11-13-47(14-12-46)18-29(49)45-40-16-28-30(50)44-33(52)48(28)25-8-3-21(4-9-25)34(37,38)39/h1-10,15-16,19,28H,11-14,17-18H2,(H,45,49)(H2,42,43,51)(H,44,50,52)/b40-16+. The summed E-state index contributed by atoms with van der Waals surface area (Å²) in [4.78, 5) is 59.3. The number of hydrazone groups is 1. The lowest BCUT2D eigenvalue weighted by Crippen LogP contribution is -2.48. The van der Waals surface area contributed by atoms with Crippen molar-refractivity contribution in [2.45, 2.75) is 18.8 Å². The van der Waals surface area contributed by atoms with Crippen molar-refractivity contribution in [1.82, 2.24) is 25.5 Å². The van der Waals surface area contributed by atoms with Gasteiger partial charge in [-0.15, -0.1) is 11.3 Å². The molecule has 276 valence electrons. The third-order valence-corrected chi connectivity index (χ3v) is 9.15. The number of thiazole rings is 1. The van der Waals surface area contributed by atoms with E-state index in [0.717, 1.165) is 63.8 Å². The van der Waals surface area contributed by atoms with E-state index in [1.54, 1.807) is 24.3 Å². The van der Waals surface area contributed by atoms with Crippen LogP contribution in [0.5, 0.6) is 0 Å². The highest BCUT2D eigenvalue weighted by Gasteiger charge is 2.39. The number of nitrogens with one attached hydrogen (secondary N) is 4. The number of benzene rings is 3. The van der Waals surface area contributed by atoms with Gasteiger partial charge in [0.15, 0.2) is 17.7 Å². The molecule has 0 spiro atoms. The van der Waals surface area contributed by atoms with E-state index in [-0.39, 0.29) is 17.9 Å². The van der Waals surface area contributed by atoms with Gasteiger partial charge in [0.05, 0.1) is 24.0 Å². The molecule has 1 aromatic heterocycles. The van der Waals surface area contributed by atoms with Crippen LogP contribution in [0.2, 0.25) is 0 Å². The second-order valence-electron chi connectivity index (χ2n) is 11.9. The van der Waals surface area contributed by atoms with Gasteiger partial charge in [-0.25, -0.2) is 28.8 Å². The fourth-order valence-corrected chi connectivity index (χ4v) is 6.35. The van der Waals surface area contributed by atoms with E-state index in [1.807, 2.05) is 10.3 Å². The highest BCUT2D eigenvalue weighted by molar-refractivity contribution is 7.13. The minimum Gasteiger partial charge on any atom is -0.308 e. The number of aromatic nitrogens is 1. The molecule has 6 rings (SSSR count). The maximum Gasteiger partial charge on any atom is 0.416 e. The fraction of sp³-hybridized carbons (Fsp3) is 0.235. The summed E-state index contributed by atoms with van der Waals surface area (Å²) in [5, 5.41) is 13.7.